The highest BCUT2D eigenvalue weighted by Gasteiger charge is 2.29. The summed E-state index contributed by atoms with van der Waals surface area (Å²) in [5.41, 5.74) is -0.256. The lowest BCUT2D eigenvalue weighted by Crippen LogP contribution is -2.32. The van der Waals surface area contributed by atoms with Gasteiger partial charge >= 0.3 is 5.97 Å². The summed E-state index contributed by atoms with van der Waals surface area (Å²) < 4.78 is 5.27. The van der Waals surface area contributed by atoms with E-state index in [0.717, 1.165) is 5.56 Å². The van der Waals surface area contributed by atoms with Crippen molar-refractivity contribution in [3.63, 3.8) is 0 Å². The van der Waals surface area contributed by atoms with Crippen molar-refractivity contribution in [2.24, 2.45) is 0 Å². The lowest BCUT2D eigenvalue weighted by molar-refractivity contribution is -0.150. The van der Waals surface area contributed by atoms with Crippen LogP contribution >= 0.6 is 0 Å². The molecule has 0 aliphatic rings. The first-order valence-electron chi connectivity index (χ1n) is 6.43. The highest BCUT2D eigenvalue weighted by molar-refractivity contribution is 5.66. The van der Waals surface area contributed by atoms with Gasteiger partial charge in [-0.15, -0.1) is 0 Å². The van der Waals surface area contributed by atoms with Gasteiger partial charge in [0.25, 0.3) is 0 Å². The third-order valence-electron chi connectivity index (χ3n) is 2.84. The SMILES string of the molecule is CC(=O)O[C@H](C[C@@](C)(O)C[C@H](C)O)c1ccccc1. The molecule has 0 unspecified atom stereocenters. The minimum atomic E-state index is -1.09. The molecule has 0 saturated heterocycles. The Morgan fingerprint density at radius 2 is 1.89 bits per heavy atom. The molecule has 1 rings (SSSR count). The van der Waals surface area contributed by atoms with Gasteiger partial charge < -0.3 is 14.9 Å². The van der Waals surface area contributed by atoms with E-state index in [1.54, 1.807) is 13.8 Å². The molecule has 0 aliphatic carbocycles. The van der Waals surface area contributed by atoms with Crippen LogP contribution < -0.4 is 0 Å². The molecule has 3 atom stereocenters. The highest BCUT2D eigenvalue weighted by atomic mass is 16.5. The van der Waals surface area contributed by atoms with Crippen LogP contribution in [0.2, 0.25) is 0 Å². The maximum Gasteiger partial charge on any atom is 0.303 e. The van der Waals surface area contributed by atoms with Crippen LogP contribution in [0.25, 0.3) is 0 Å². The van der Waals surface area contributed by atoms with Crippen molar-refractivity contribution < 1.29 is 19.7 Å². The zero-order valence-electron chi connectivity index (χ0n) is 11.7. The van der Waals surface area contributed by atoms with E-state index in [0.29, 0.717) is 0 Å². The Labute approximate surface area is 114 Å². The van der Waals surface area contributed by atoms with E-state index >= 15 is 0 Å². The molecule has 1 aromatic rings. The first-order valence-corrected chi connectivity index (χ1v) is 6.43. The zero-order chi connectivity index (χ0) is 14.5. The number of benzene rings is 1. The van der Waals surface area contributed by atoms with Gasteiger partial charge in [-0.2, -0.15) is 0 Å². The Balaban J connectivity index is 2.84. The van der Waals surface area contributed by atoms with E-state index in [-0.39, 0.29) is 18.8 Å². The van der Waals surface area contributed by atoms with E-state index in [9.17, 15) is 15.0 Å². The van der Waals surface area contributed by atoms with Gasteiger partial charge in [-0.3, -0.25) is 4.79 Å². The quantitative estimate of drug-likeness (QED) is 0.775. The standard InChI is InChI=1S/C15H22O4/c1-11(16)9-15(3,18)10-14(19-12(2)17)13-7-5-4-6-8-13/h4-8,11,14,16,18H,9-10H2,1-3H3/t11-,14+,15-/m0/s1. The van der Waals surface area contributed by atoms with Gasteiger partial charge in [0.15, 0.2) is 0 Å². The number of carbonyl (C=O) groups excluding carboxylic acids is 1. The van der Waals surface area contributed by atoms with Crippen LogP contribution in [0.15, 0.2) is 30.3 Å². The van der Waals surface area contributed by atoms with Crippen LogP contribution in [0.4, 0.5) is 0 Å². The number of aliphatic hydroxyl groups is 2. The third kappa shape index (κ3) is 5.85. The third-order valence-corrected chi connectivity index (χ3v) is 2.84. The number of aliphatic hydroxyl groups excluding tert-OH is 1. The molecule has 106 valence electrons. The number of hydrogen-bond acceptors (Lipinski definition) is 4. The fourth-order valence-corrected chi connectivity index (χ4v) is 2.21. The fraction of sp³-hybridized carbons (Fsp3) is 0.533. The normalized spacial score (nSPS) is 17.3. The summed E-state index contributed by atoms with van der Waals surface area (Å²) in [6.45, 7) is 4.61. The lowest BCUT2D eigenvalue weighted by Gasteiger charge is -2.29. The molecule has 1 aromatic carbocycles. The van der Waals surface area contributed by atoms with E-state index in [4.69, 9.17) is 4.74 Å². The lowest BCUT2D eigenvalue weighted by atomic mass is 9.89. The van der Waals surface area contributed by atoms with Gasteiger partial charge in [0, 0.05) is 19.8 Å². The van der Waals surface area contributed by atoms with E-state index in [1.165, 1.54) is 6.92 Å². The Bertz CT molecular complexity index is 398. The first kappa shape index (κ1) is 15.7. The van der Waals surface area contributed by atoms with E-state index in [2.05, 4.69) is 0 Å². The molecule has 0 fully saturated rings. The van der Waals surface area contributed by atoms with Crippen molar-refractivity contribution in [1.29, 1.82) is 0 Å². The molecule has 0 aromatic heterocycles. The summed E-state index contributed by atoms with van der Waals surface area (Å²) in [4.78, 5) is 11.2. The highest BCUT2D eigenvalue weighted by Crippen LogP contribution is 2.30. The van der Waals surface area contributed by atoms with E-state index in [1.807, 2.05) is 30.3 Å². The summed E-state index contributed by atoms with van der Waals surface area (Å²) in [5, 5.41) is 19.7. The van der Waals surface area contributed by atoms with Gasteiger partial charge in [-0.25, -0.2) is 0 Å². The molecule has 4 nitrogen and oxygen atoms in total. The monoisotopic (exact) mass is 266 g/mol. The molecule has 19 heavy (non-hydrogen) atoms. The predicted molar refractivity (Wildman–Crippen MR) is 72.5 cm³/mol. The smallest absolute Gasteiger partial charge is 0.303 e. The minimum Gasteiger partial charge on any atom is -0.458 e. The fourth-order valence-electron chi connectivity index (χ4n) is 2.21. The molecule has 4 heteroatoms. The van der Waals surface area contributed by atoms with Crippen LogP contribution in [0.3, 0.4) is 0 Å². The summed E-state index contributed by atoms with van der Waals surface area (Å²) in [7, 11) is 0. The van der Waals surface area contributed by atoms with Crippen molar-refractivity contribution in [2.75, 3.05) is 0 Å². The van der Waals surface area contributed by atoms with Crippen molar-refractivity contribution in [2.45, 2.75) is 51.4 Å². The maximum atomic E-state index is 11.2. The zero-order valence-corrected chi connectivity index (χ0v) is 11.7. The van der Waals surface area contributed by atoms with Crippen molar-refractivity contribution in [3.8, 4) is 0 Å². The van der Waals surface area contributed by atoms with Crippen LogP contribution in [0.5, 0.6) is 0 Å². The topological polar surface area (TPSA) is 66.8 Å². The Hall–Kier alpha value is -1.39. The molecule has 0 spiro atoms. The van der Waals surface area contributed by atoms with Crippen LogP contribution in [-0.4, -0.2) is 27.9 Å². The number of esters is 1. The largest absolute Gasteiger partial charge is 0.458 e. The molecule has 0 aliphatic heterocycles. The molecule has 0 saturated carbocycles. The van der Waals surface area contributed by atoms with Crippen LogP contribution in [0, 0.1) is 0 Å². The van der Waals surface area contributed by atoms with Gasteiger partial charge in [-0.05, 0) is 19.4 Å². The van der Waals surface area contributed by atoms with Gasteiger partial charge in [0.05, 0.1) is 11.7 Å². The summed E-state index contributed by atoms with van der Waals surface area (Å²) in [6.07, 6.45) is -0.629. The number of hydrogen-bond donors (Lipinski definition) is 2. The average Bonchev–Trinajstić information content (AvgIpc) is 2.26. The molecule has 0 amide bonds. The molecule has 0 bridgehead atoms. The van der Waals surface area contributed by atoms with Gasteiger partial charge in [0.2, 0.25) is 0 Å². The summed E-state index contributed by atoms with van der Waals surface area (Å²) in [5.74, 6) is -0.387. The van der Waals surface area contributed by atoms with Gasteiger partial charge in [-0.1, -0.05) is 30.3 Å². The summed E-state index contributed by atoms with van der Waals surface area (Å²) >= 11 is 0. The predicted octanol–water partition coefficient (Wildman–Crippen LogP) is 2.20. The number of rotatable bonds is 6. The minimum absolute atomic E-state index is 0.234. The number of ether oxygens (including phenoxy) is 1. The molecular formula is C15H22O4. The Kier molecular flexibility index (Phi) is 5.51. The van der Waals surface area contributed by atoms with Gasteiger partial charge in [0.1, 0.15) is 6.10 Å². The van der Waals surface area contributed by atoms with Crippen molar-refractivity contribution in [3.05, 3.63) is 35.9 Å². The number of carbonyl (C=O) groups is 1. The molecule has 2 N–H and O–H groups in total. The summed E-state index contributed by atoms with van der Waals surface area (Å²) in [6, 6.07) is 9.30. The molecule has 0 heterocycles. The molecule has 0 radical (unpaired) electrons. The van der Waals surface area contributed by atoms with Crippen LogP contribution in [0.1, 0.15) is 45.3 Å². The van der Waals surface area contributed by atoms with Crippen molar-refractivity contribution in [1.82, 2.24) is 0 Å². The second kappa shape index (κ2) is 6.68. The maximum absolute atomic E-state index is 11.2. The Morgan fingerprint density at radius 1 is 1.32 bits per heavy atom. The second-order valence-electron chi connectivity index (χ2n) is 5.26. The van der Waals surface area contributed by atoms with Crippen molar-refractivity contribution >= 4 is 5.97 Å². The van der Waals surface area contributed by atoms with Crippen LogP contribution in [-0.2, 0) is 9.53 Å². The first-order chi connectivity index (χ1) is 8.80. The average molecular weight is 266 g/mol. The molecular weight excluding hydrogens is 244 g/mol. The van der Waals surface area contributed by atoms with E-state index < -0.39 is 17.8 Å². The Morgan fingerprint density at radius 3 is 2.37 bits per heavy atom. The second-order valence-corrected chi connectivity index (χ2v) is 5.26.